The van der Waals surface area contributed by atoms with E-state index in [1.54, 1.807) is 0 Å². The van der Waals surface area contributed by atoms with Crippen molar-refractivity contribution >= 4 is 0 Å². The van der Waals surface area contributed by atoms with E-state index in [9.17, 15) is 4.39 Å². The Morgan fingerprint density at radius 2 is 2.04 bits per heavy atom. The number of likely N-dealkylation sites (tertiary alicyclic amines) is 1. The van der Waals surface area contributed by atoms with Gasteiger partial charge in [0.25, 0.3) is 0 Å². The molecule has 1 aliphatic heterocycles. The molecule has 1 fully saturated rings. The molecule has 2 unspecified atom stereocenters. The van der Waals surface area contributed by atoms with Crippen LogP contribution in [0.5, 0.6) is 5.75 Å². The predicted molar refractivity (Wildman–Crippen MR) is 94.6 cm³/mol. The highest BCUT2D eigenvalue weighted by Gasteiger charge is 2.29. The Labute approximate surface area is 141 Å². The van der Waals surface area contributed by atoms with Crippen LogP contribution in [0.25, 0.3) is 0 Å². The predicted octanol–water partition coefficient (Wildman–Crippen LogP) is 4.69. The van der Waals surface area contributed by atoms with Gasteiger partial charge in [-0.1, -0.05) is 27.7 Å². The fourth-order valence-electron chi connectivity index (χ4n) is 3.34. The maximum Gasteiger partial charge on any atom is 0.130 e. The summed E-state index contributed by atoms with van der Waals surface area (Å²) in [4.78, 5) is 2.55. The van der Waals surface area contributed by atoms with Gasteiger partial charge >= 0.3 is 0 Å². The summed E-state index contributed by atoms with van der Waals surface area (Å²) in [7, 11) is 0. The van der Waals surface area contributed by atoms with Crippen molar-refractivity contribution in [3.05, 3.63) is 29.1 Å². The lowest BCUT2D eigenvalue weighted by Gasteiger charge is -2.18. The third-order valence-electron chi connectivity index (χ3n) is 5.14. The second kappa shape index (κ2) is 8.14. The molecule has 3 heteroatoms. The summed E-state index contributed by atoms with van der Waals surface area (Å²) in [6, 6.07) is 3.53. The third-order valence-corrected chi connectivity index (χ3v) is 5.14. The minimum atomic E-state index is -0.155. The summed E-state index contributed by atoms with van der Waals surface area (Å²) in [6.07, 6.45) is 2.09. The Kier molecular flexibility index (Phi) is 6.46. The molecule has 0 aromatic heterocycles. The van der Waals surface area contributed by atoms with Crippen LogP contribution in [0.15, 0.2) is 12.1 Å². The topological polar surface area (TPSA) is 12.5 Å². The second-order valence-electron chi connectivity index (χ2n) is 7.53. The lowest BCUT2D eigenvalue weighted by Crippen LogP contribution is -2.24. The number of hydrogen-bond acceptors (Lipinski definition) is 2. The van der Waals surface area contributed by atoms with Gasteiger partial charge < -0.3 is 9.64 Å². The van der Waals surface area contributed by atoms with Gasteiger partial charge in [-0.05, 0) is 55.3 Å². The standard InChI is InChI=1S/C20H32FNO/c1-6-17-9-19(10-20(21)16(17)5)23-13-18-12-22(11-15(18)4)8-7-14(2)3/h9-10,14-15,18H,6-8,11-13H2,1-5H3. The number of nitrogens with zero attached hydrogens (tertiary/aromatic N) is 1. The lowest BCUT2D eigenvalue weighted by molar-refractivity contribution is 0.223. The van der Waals surface area contributed by atoms with Crippen LogP contribution in [0.3, 0.4) is 0 Å². The Hall–Kier alpha value is -1.09. The Morgan fingerprint density at radius 3 is 2.70 bits per heavy atom. The number of aryl methyl sites for hydroxylation is 1. The van der Waals surface area contributed by atoms with Crippen molar-refractivity contribution in [2.24, 2.45) is 17.8 Å². The van der Waals surface area contributed by atoms with E-state index in [-0.39, 0.29) is 5.82 Å². The van der Waals surface area contributed by atoms with Gasteiger partial charge in [0.2, 0.25) is 0 Å². The highest BCUT2D eigenvalue weighted by molar-refractivity contribution is 5.36. The maximum absolute atomic E-state index is 14.0. The molecular weight excluding hydrogens is 289 g/mol. The smallest absolute Gasteiger partial charge is 0.130 e. The van der Waals surface area contributed by atoms with E-state index < -0.39 is 0 Å². The highest BCUT2D eigenvalue weighted by Crippen LogP contribution is 2.26. The molecule has 1 heterocycles. The molecule has 0 bridgehead atoms. The van der Waals surface area contributed by atoms with Crippen LogP contribution in [0.4, 0.5) is 4.39 Å². The second-order valence-corrected chi connectivity index (χ2v) is 7.53. The molecule has 1 saturated heterocycles. The van der Waals surface area contributed by atoms with Gasteiger partial charge in [0, 0.05) is 25.1 Å². The molecule has 130 valence electrons. The molecule has 0 spiro atoms. The Balaban J connectivity index is 1.90. The first-order valence-electron chi connectivity index (χ1n) is 9.04. The molecule has 0 amide bonds. The van der Waals surface area contributed by atoms with Gasteiger partial charge in [-0.15, -0.1) is 0 Å². The van der Waals surface area contributed by atoms with Crippen molar-refractivity contribution < 1.29 is 9.13 Å². The van der Waals surface area contributed by atoms with Gasteiger partial charge in [-0.2, -0.15) is 0 Å². The summed E-state index contributed by atoms with van der Waals surface area (Å²) in [5.74, 6) is 2.46. The van der Waals surface area contributed by atoms with Crippen LogP contribution in [0, 0.1) is 30.5 Å². The number of halogens is 1. The van der Waals surface area contributed by atoms with Crippen LogP contribution in [-0.4, -0.2) is 31.1 Å². The molecule has 1 aliphatic rings. The van der Waals surface area contributed by atoms with Crippen molar-refractivity contribution in [3.8, 4) is 5.75 Å². The van der Waals surface area contributed by atoms with Crippen LogP contribution in [0.2, 0.25) is 0 Å². The molecule has 0 radical (unpaired) electrons. The number of hydrogen-bond donors (Lipinski definition) is 0. The molecule has 2 nitrogen and oxygen atoms in total. The van der Waals surface area contributed by atoms with Crippen molar-refractivity contribution in [3.63, 3.8) is 0 Å². The average Bonchev–Trinajstić information content (AvgIpc) is 2.86. The van der Waals surface area contributed by atoms with Crippen LogP contribution >= 0.6 is 0 Å². The number of ether oxygens (including phenoxy) is 1. The molecule has 1 aromatic rings. The van der Waals surface area contributed by atoms with E-state index in [4.69, 9.17) is 4.74 Å². The monoisotopic (exact) mass is 321 g/mol. The molecule has 2 atom stereocenters. The first-order valence-corrected chi connectivity index (χ1v) is 9.04. The number of rotatable bonds is 7. The van der Waals surface area contributed by atoms with E-state index in [0.29, 0.717) is 24.2 Å². The fourth-order valence-corrected chi connectivity index (χ4v) is 3.34. The summed E-state index contributed by atoms with van der Waals surface area (Å²) >= 11 is 0. The Morgan fingerprint density at radius 1 is 1.30 bits per heavy atom. The van der Waals surface area contributed by atoms with Crippen molar-refractivity contribution in [1.82, 2.24) is 4.90 Å². The normalized spacial score (nSPS) is 22.0. The molecule has 0 N–H and O–H groups in total. The quantitative estimate of drug-likeness (QED) is 0.722. The lowest BCUT2D eigenvalue weighted by atomic mass is 9.99. The zero-order valence-electron chi connectivity index (χ0n) is 15.4. The largest absolute Gasteiger partial charge is 0.493 e. The summed E-state index contributed by atoms with van der Waals surface area (Å²) in [5.41, 5.74) is 1.78. The third kappa shape index (κ3) is 4.94. The summed E-state index contributed by atoms with van der Waals surface area (Å²) in [6.45, 7) is 14.9. The molecule has 0 saturated carbocycles. The number of benzene rings is 1. The molecule has 0 aliphatic carbocycles. The molecule has 2 rings (SSSR count). The average molecular weight is 321 g/mol. The minimum Gasteiger partial charge on any atom is -0.493 e. The SMILES string of the molecule is CCc1cc(OCC2CN(CCC(C)C)CC2C)cc(F)c1C. The van der Waals surface area contributed by atoms with E-state index in [1.165, 1.54) is 19.0 Å². The highest BCUT2D eigenvalue weighted by atomic mass is 19.1. The van der Waals surface area contributed by atoms with Crippen LogP contribution in [-0.2, 0) is 6.42 Å². The molecule has 23 heavy (non-hydrogen) atoms. The molecule has 1 aromatic carbocycles. The Bertz CT molecular complexity index is 515. The van der Waals surface area contributed by atoms with E-state index in [0.717, 1.165) is 36.6 Å². The summed E-state index contributed by atoms with van der Waals surface area (Å²) < 4.78 is 19.9. The van der Waals surface area contributed by atoms with E-state index in [2.05, 4.69) is 32.6 Å². The van der Waals surface area contributed by atoms with Gasteiger partial charge in [-0.3, -0.25) is 0 Å². The van der Waals surface area contributed by atoms with Crippen LogP contribution in [0.1, 0.15) is 45.2 Å². The zero-order valence-corrected chi connectivity index (χ0v) is 15.4. The minimum absolute atomic E-state index is 0.155. The van der Waals surface area contributed by atoms with E-state index in [1.807, 2.05) is 13.0 Å². The van der Waals surface area contributed by atoms with Gasteiger partial charge in [-0.25, -0.2) is 4.39 Å². The fraction of sp³-hybridized carbons (Fsp3) is 0.700. The van der Waals surface area contributed by atoms with Crippen LogP contribution < -0.4 is 4.74 Å². The van der Waals surface area contributed by atoms with Gasteiger partial charge in [0.15, 0.2) is 0 Å². The van der Waals surface area contributed by atoms with Crippen molar-refractivity contribution in [1.29, 1.82) is 0 Å². The zero-order chi connectivity index (χ0) is 17.0. The molecular formula is C20H32FNO. The summed E-state index contributed by atoms with van der Waals surface area (Å²) in [5, 5.41) is 0. The van der Waals surface area contributed by atoms with Gasteiger partial charge in [0.05, 0.1) is 6.61 Å². The van der Waals surface area contributed by atoms with Crippen molar-refractivity contribution in [2.75, 3.05) is 26.2 Å². The first kappa shape index (κ1) is 18.3. The first-order chi connectivity index (χ1) is 10.9. The maximum atomic E-state index is 14.0. The van der Waals surface area contributed by atoms with E-state index >= 15 is 0 Å². The van der Waals surface area contributed by atoms with Gasteiger partial charge in [0.1, 0.15) is 11.6 Å². The van der Waals surface area contributed by atoms with Crippen molar-refractivity contribution in [2.45, 2.75) is 47.5 Å².